The maximum absolute atomic E-state index is 13.7. The first-order valence-corrected chi connectivity index (χ1v) is 12.9. The molecule has 0 aliphatic carbocycles. The van der Waals surface area contributed by atoms with Crippen LogP contribution in [0.15, 0.2) is 95.0 Å². The van der Waals surface area contributed by atoms with Crippen LogP contribution in [0.3, 0.4) is 0 Å². The van der Waals surface area contributed by atoms with Gasteiger partial charge in [0.25, 0.3) is 5.56 Å². The van der Waals surface area contributed by atoms with Gasteiger partial charge in [0.1, 0.15) is 16.8 Å². The molecule has 5 aromatic rings. The van der Waals surface area contributed by atoms with Crippen molar-refractivity contribution in [2.24, 2.45) is 0 Å². The third kappa shape index (κ3) is 5.01. The van der Waals surface area contributed by atoms with Gasteiger partial charge < -0.3 is 15.0 Å². The Bertz CT molecular complexity index is 1610. The molecule has 2 heterocycles. The largest absolute Gasteiger partial charge is 0.497 e. The van der Waals surface area contributed by atoms with Gasteiger partial charge in [0, 0.05) is 17.4 Å². The van der Waals surface area contributed by atoms with Crippen molar-refractivity contribution in [1.29, 1.82) is 0 Å². The van der Waals surface area contributed by atoms with Crippen LogP contribution in [-0.4, -0.2) is 33.3 Å². The third-order valence-electron chi connectivity index (χ3n) is 6.09. The molecular weight excluding hydrogens is 484 g/mol. The SMILES string of the molecule is CCc1ccccc1NC(=O)CSc1nc2c(-c3ccccc3)c[nH]c2c(=O)n1-c1ccc(OC)cc1. The minimum absolute atomic E-state index is 0.0945. The fourth-order valence-electron chi connectivity index (χ4n) is 4.20. The van der Waals surface area contributed by atoms with Gasteiger partial charge in [0.15, 0.2) is 5.16 Å². The Balaban J connectivity index is 1.54. The normalized spacial score (nSPS) is 11.0. The number of para-hydroxylation sites is 1. The Labute approximate surface area is 218 Å². The van der Waals surface area contributed by atoms with E-state index in [0.717, 1.165) is 28.8 Å². The number of aromatic nitrogens is 3. The first kappa shape index (κ1) is 24.4. The van der Waals surface area contributed by atoms with Crippen molar-refractivity contribution in [2.45, 2.75) is 18.5 Å². The monoisotopic (exact) mass is 510 g/mol. The molecule has 0 atom stereocenters. The molecule has 0 fully saturated rings. The predicted octanol–water partition coefficient (Wildman–Crippen LogP) is 5.68. The van der Waals surface area contributed by atoms with Crippen LogP contribution in [-0.2, 0) is 11.2 Å². The zero-order valence-electron chi connectivity index (χ0n) is 20.5. The molecule has 8 heteroatoms. The highest BCUT2D eigenvalue weighted by molar-refractivity contribution is 7.99. The number of fused-ring (bicyclic) bond motifs is 1. The topological polar surface area (TPSA) is 89.0 Å². The second kappa shape index (κ2) is 10.8. The molecule has 5 rings (SSSR count). The maximum Gasteiger partial charge on any atom is 0.283 e. The summed E-state index contributed by atoms with van der Waals surface area (Å²) in [6.07, 6.45) is 2.62. The summed E-state index contributed by atoms with van der Waals surface area (Å²) in [7, 11) is 1.59. The highest BCUT2D eigenvalue weighted by Gasteiger charge is 2.19. The number of nitrogens with zero attached hydrogens (tertiary/aromatic N) is 2. The number of benzene rings is 3. The molecule has 0 unspecified atom stereocenters. The first-order chi connectivity index (χ1) is 18.1. The van der Waals surface area contributed by atoms with Crippen LogP contribution < -0.4 is 15.6 Å². The van der Waals surface area contributed by atoms with Crippen LogP contribution in [0.25, 0.3) is 27.8 Å². The summed E-state index contributed by atoms with van der Waals surface area (Å²) in [6, 6.07) is 24.7. The molecule has 3 aromatic carbocycles. The highest BCUT2D eigenvalue weighted by Crippen LogP contribution is 2.29. The second-order valence-corrected chi connectivity index (χ2v) is 9.31. The van der Waals surface area contributed by atoms with Crippen molar-refractivity contribution < 1.29 is 9.53 Å². The predicted molar refractivity (Wildman–Crippen MR) is 149 cm³/mol. The molecule has 2 aromatic heterocycles. The molecule has 0 spiro atoms. The van der Waals surface area contributed by atoms with E-state index in [2.05, 4.69) is 10.3 Å². The van der Waals surface area contributed by atoms with E-state index in [1.807, 2.05) is 61.5 Å². The number of aromatic amines is 1. The fraction of sp³-hybridized carbons (Fsp3) is 0.138. The molecule has 2 N–H and O–H groups in total. The lowest BCUT2D eigenvalue weighted by molar-refractivity contribution is -0.113. The smallest absolute Gasteiger partial charge is 0.283 e. The Morgan fingerprint density at radius 1 is 1.03 bits per heavy atom. The van der Waals surface area contributed by atoms with Gasteiger partial charge in [-0.25, -0.2) is 4.98 Å². The molecule has 37 heavy (non-hydrogen) atoms. The second-order valence-electron chi connectivity index (χ2n) is 8.37. The lowest BCUT2D eigenvalue weighted by Crippen LogP contribution is -2.23. The maximum atomic E-state index is 13.7. The Morgan fingerprint density at radius 2 is 1.76 bits per heavy atom. The fourth-order valence-corrected chi connectivity index (χ4v) is 5.01. The van der Waals surface area contributed by atoms with Gasteiger partial charge in [-0.05, 0) is 47.9 Å². The number of carbonyl (C=O) groups is 1. The van der Waals surface area contributed by atoms with Crippen molar-refractivity contribution in [3.8, 4) is 22.6 Å². The van der Waals surface area contributed by atoms with Crippen LogP contribution in [0.1, 0.15) is 12.5 Å². The summed E-state index contributed by atoms with van der Waals surface area (Å²) < 4.78 is 6.81. The molecule has 7 nitrogen and oxygen atoms in total. The van der Waals surface area contributed by atoms with Gasteiger partial charge in [-0.2, -0.15) is 0 Å². The first-order valence-electron chi connectivity index (χ1n) is 11.9. The molecule has 186 valence electrons. The highest BCUT2D eigenvalue weighted by atomic mass is 32.2. The molecule has 0 aliphatic rings. The van der Waals surface area contributed by atoms with E-state index in [-0.39, 0.29) is 17.2 Å². The van der Waals surface area contributed by atoms with Crippen LogP contribution in [0.2, 0.25) is 0 Å². The van der Waals surface area contributed by atoms with E-state index in [9.17, 15) is 9.59 Å². The number of H-pyrrole nitrogens is 1. The van der Waals surface area contributed by atoms with E-state index < -0.39 is 0 Å². The van der Waals surface area contributed by atoms with E-state index in [4.69, 9.17) is 9.72 Å². The summed E-state index contributed by atoms with van der Waals surface area (Å²) in [5.74, 6) is 0.608. The van der Waals surface area contributed by atoms with Crippen LogP contribution in [0.4, 0.5) is 5.69 Å². The summed E-state index contributed by atoms with van der Waals surface area (Å²) in [5, 5.41) is 3.42. The molecule has 0 saturated carbocycles. The van der Waals surface area contributed by atoms with Gasteiger partial charge in [0.05, 0.1) is 18.6 Å². The zero-order chi connectivity index (χ0) is 25.8. The Morgan fingerprint density at radius 3 is 2.49 bits per heavy atom. The van der Waals surface area contributed by atoms with Gasteiger partial charge in [0.2, 0.25) is 5.91 Å². The molecule has 0 bridgehead atoms. The zero-order valence-corrected chi connectivity index (χ0v) is 21.3. The van der Waals surface area contributed by atoms with E-state index in [1.165, 1.54) is 16.3 Å². The Hall–Kier alpha value is -4.30. The van der Waals surface area contributed by atoms with Crippen LogP contribution >= 0.6 is 11.8 Å². The number of rotatable bonds is 8. The number of ether oxygens (including phenoxy) is 1. The quantitative estimate of drug-likeness (QED) is 0.207. The summed E-state index contributed by atoms with van der Waals surface area (Å²) in [4.78, 5) is 34.6. The number of hydrogen-bond donors (Lipinski definition) is 2. The number of methoxy groups -OCH3 is 1. The van der Waals surface area contributed by atoms with Crippen molar-refractivity contribution in [2.75, 3.05) is 18.2 Å². The number of anilines is 1. The number of aryl methyl sites for hydroxylation is 1. The van der Waals surface area contributed by atoms with Crippen molar-refractivity contribution in [1.82, 2.24) is 14.5 Å². The minimum Gasteiger partial charge on any atom is -0.497 e. The average Bonchev–Trinajstić information content (AvgIpc) is 3.37. The number of amides is 1. The third-order valence-corrected chi connectivity index (χ3v) is 7.03. The summed E-state index contributed by atoms with van der Waals surface area (Å²) >= 11 is 1.22. The van der Waals surface area contributed by atoms with Crippen molar-refractivity contribution in [3.05, 3.63) is 101 Å². The average molecular weight is 511 g/mol. The van der Waals surface area contributed by atoms with E-state index >= 15 is 0 Å². The Kier molecular flexibility index (Phi) is 7.09. The lowest BCUT2D eigenvalue weighted by atomic mass is 10.1. The molecule has 1 amide bonds. The molecule has 0 radical (unpaired) electrons. The summed E-state index contributed by atoms with van der Waals surface area (Å²) in [5.41, 5.74) is 5.01. The van der Waals surface area contributed by atoms with E-state index in [1.54, 1.807) is 37.6 Å². The number of thioether (sulfide) groups is 1. The lowest BCUT2D eigenvalue weighted by Gasteiger charge is -2.14. The van der Waals surface area contributed by atoms with Gasteiger partial charge in [-0.1, -0.05) is 67.2 Å². The molecular formula is C29H26N4O3S. The number of carbonyl (C=O) groups excluding carboxylic acids is 1. The molecule has 0 saturated heterocycles. The standard InChI is InChI=1S/C29H26N4O3S/c1-3-19-9-7-8-12-24(19)31-25(34)18-37-29-32-26-23(20-10-5-4-6-11-20)17-30-27(26)28(35)33(29)21-13-15-22(36-2)16-14-21/h4-17,30H,3,18H2,1-2H3,(H,31,34). The number of nitrogens with one attached hydrogen (secondary N) is 2. The van der Waals surface area contributed by atoms with Crippen LogP contribution in [0.5, 0.6) is 5.75 Å². The molecule has 0 aliphatic heterocycles. The van der Waals surface area contributed by atoms with Gasteiger partial charge in [-0.15, -0.1) is 0 Å². The number of hydrogen-bond acceptors (Lipinski definition) is 5. The van der Waals surface area contributed by atoms with Crippen LogP contribution in [0, 0.1) is 0 Å². The van der Waals surface area contributed by atoms with Crippen molar-refractivity contribution in [3.63, 3.8) is 0 Å². The van der Waals surface area contributed by atoms with Crippen molar-refractivity contribution >= 4 is 34.4 Å². The summed E-state index contributed by atoms with van der Waals surface area (Å²) in [6.45, 7) is 2.05. The minimum atomic E-state index is -0.239. The van der Waals surface area contributed by atoms with Gasteiger partial charge >= 0.3 is 0 Å². The van der Waals surface area contributed by atoms with Gasteiger partial charge in [-0.3, -0.25) is 14.2 Å². The van der Waals surface area contributed by atoms with E-state index in [0.29, 0.717) is 27.6 Å².